The maximum absolute atomic E-state index is 5.42. The van der Waals surface area contributed by atoms with Crippen molar-refractivity contribution in [3.63, 3.8) is 0 Å². The van der Waals surface area contributed by atoms with Crippen LogP contribution in [0.15, 0.2) is 0 Å². The summed E-state index contributed by atoms with van der Waals surface area (Å²) in [6.07, 6.45) is 1.73. The molecule has 1 N–H and O–H groups in total. The molecule has 0 atom stereocenters. The maximum atomic E-state index is 5.42. The van der Waals surface area contributed by atoms with Crippen LogP contribution in [-0.4, -0.2) is 32.6 Å². The van der Waals surface area contributed by atoms with E-state index in [0.29, 0.717) is 13.2 Å². The summed E-state index contributed by atoms with van der Waals surface area (Å²) in [7, 11) is 0. The first-order valence-electron chi connectivity index (χ1n) is 5.68. The fourth-order valence-electron chi connectivity index (χ4n) is 1.21. The first-order chi connectivity index (χ1) is 7.35. The summed E-state index contributed by atoms with van der Waals surface area (Å²) in [5.74, 6) is 5.88. The summed E-state index contributed by atoms with van der Waals surface area (Å²) in [5, 5.41) is 3.30. The van der Waals surface area contributed by atoms with E-state index in [1.54, 1.807) is 0 Å². The highest BCUT2D eigenvalue weighted by atomic mass is 16.7. The zero-order valence-corrected chi connectivity index (χ0v) is 10.1. The smallest absolute Gasteiger partial charge is 0.158 e. The highest BCUT2D eigenvalue weighted by Crippen LogP contribution is 1.99. The molecule has 0 rings (SSSR count). The van der Waals surface area contributed by atoms with Crippen molar-refractivity contribution in [2.45, 2.75) is 39.9 Å². The minimum Gasteiger partial charge on any atom is -0.353 e. The molecule has 3 heteroatoms. The van der Waals surface area contributed by atoms with Gasteiger partial charge in [0.15, 0.2) is 6.29 Å². The van der Waals surface area contributed by atoms with Crippen LogP contribution >= 0.6 is 0 Å². The van der Waals surface area contributed by atoms with E-state index in [4.69, 9.17) is 9.47 Å². The van der Waals surface area contributed by atoms with Crippen LogP contribution in [0.1, 0.15) is 33.6 Å². The Balaban J connectivity index is 3.38. The van der Waals surface area contributed by atoms with Gasteiger partial charge in [0.25, 0.3) is 0 Å². The Morgan fingerprint density at radius 1 is 1.13 bits per heavy atom. The summed E-state index contributed by atoms with van der Waals surface area (Å²) in [5.41, 5.74) is 0. The summed E-state index contributed by atoms with van der Waals surface area (Å²) >= 11 is 0. The molecule has 3 nitrogen and oxygen atoms in total. The van der Waals surface area contributed by atoms with E-state index < -0.39 is 0 Å². The lowest BCUT2D eigenvalue weighted by Crippen LogP contribution is -2.25. The first-order valence-corrected chi connectivity index (χ1v) is 5.68. The van der Waals surface area contributed by atoms with Crippen LogP contribution in [0.3, 0.4) is 0 Å². The van der Waals surface area contributed by atoms with E-state index >= 15 is 0 Å². The molecule has 15 heavy (non-hydrogen) atoms. The number of rotatable bonds is 9. The van der Waals surface area contributed by atoms with Gasteiger partial charge in [-0.05, 0) is 27.3 Å². The number of hydrogen-bond donors (Lipinski definition) is 1. The zero-order valence-electron chi connectivity index (χ0n) is 10.1. The fourth-order valence-corrected chi connectivity index (χ4v) is 1.21. The number of nitrogens with one attached hydrogen (secondary N) is 1. The third-order valence-corrected chi connectivity index (χ3v) is 1.87. The summed E-state index contributed by atoms with van der Waals surface area (Å²) in [6.45, 7) is 9.08. The quantitative estimate of drug-likeness (QED) is 0.360. The second-order valence-electron chi connectivity index (χ2n) is 3.06. The van der Waals surface area contributed by atoms with Gasteiger partial charge in [0.1, 0.15) is 0 Å². The molecule has 0 radical (unpaired) electrons. The molecule has 0 unspecified atom stereocenters. The van der Waals surface area contributed by atoms with Gasteiger partial charge in [-0.25, -0.2) is 0 Å². The van der Waals surface area contributed by atoms with E-state index in [1.807, 2.05) is 20.8 Å². The third kappa shape index (κ3) is 9.74. The molecular weight excluding hydrogens is 190 g/mol. The average Bonchev–Trinajstić information content (AvgIpc) is 2.24. The van der Waals surface area contributed by atoms with E-state index in [1.165, 1.54) is 0 Å². The van der Waals surface area contributed by atoms with Crippen molar-refractivity contribution in [1.82, 2.24) is 5.32 Å². The standard InChI is InChI=1S/C12H23NO2/c1-4-7-8-10-13-11-9-12(14-5-2)15-6-3/h12-13H,5-6,8-11H2,1-3H3. The van der Waals surface area contributed by atoms with E-state index in [2.05, 4.69) is 17.2 Å². The lowest BCUT2D eigenvalue weighted by molar-refractivity contribution is -0.138. The number of ether oxygens (including phenoxy) is 2. The molecule has 0 aromatic heterocycles. The Morgan fingerprint density at radius 3 is 2.33 bits per heavy atom. The third-order valence-electron chi connectivity index (χ3n) is 1.87. The normalized spacial score (nSPS) is 10.1. The van der Waals surface area contributed by atoms with Crippen molar-refractivity contribution >= 4 is 0 Å². The van der Waals surface area contributed by atoms with Gasteiger partial charge in [-0.3, -0.25) is 0 Å². The second-order valence-corrected chi connectivity index (χ2v) is 3.06. The van der Waals surface area contributed by atoms with Gasteiger partial charge in [-0.1, -0.05) is 0 Å². The SMILES string of the molecule is CC#CCCNCCC(OCC)OCC. The minimum absolute atomic E-state index is 0.0650. The highest BCUT2D eigenvalue weighted by molar-refractivity contribution is 4.95. The topological polar surface area (TPSA) is 30.5 Å². The monoisotopic (exact) mass is 213 g/mol. The molecule has 0 aromatic rings. The number of hydrogen-bond acceptors (Lipinski definition) is 3. The zero-order chi connectivity index (χ0) is 11.4. The highest BCUT2D eigenvalue weighted by Gasteiger charge is 2.06. The summed E-state index contributed by atoms with van der Waals surface area (Å²) < 4.78 is 10.8. The van der Waals surface area contributed by atoms with Crippen LogP contribution in [0, 0.1) is 11.8 Å². The van der Waals surface area contributed by atoms with E-state index in [0.717, 1.165) is 25.9 Å². The minimum atomic E-state index is -0.0650. The lowest BCUT2D eigenvalue weighted by atomic mass is 10.3. The molecule has 0 saturated heterocycles. The molecule has 0 aliphatic heterocycles. The van der Waals surface area contributed by atoms with Crippen molar-refractivity contribution in [2.24, 2.45) is 0 Å². The second kappa shape index (κ2) is 11.5. The Kier molecular flexibility index (Phi) is 11.1. The molecule has 88 valence electrons. The van der Waals surface area contributed by atoms with Gasteiger partial charge >= 0.3 is 0 Å². The van der Waals surface area contributed by atoms with Gasteiger partial charge in [-0.2, -0.15) is 0 Å². The molecule has 0 saturated carbocycles. The average molecular weight is 213 g/mol. The van der Waals surface area contributed by atoms with Crippen molar-refractivity contribution < 1.29 is 9.47 Å². The van der Waals surface area contributed by atoms with E-state index in [-0.39, 0.29) is 6.29 Å². The maximum Gasteiger partial charge on any atom is 0.158 e. The van der Waals surface area contributed by atoms with Crippen LogP contribution in [0.4, 0.5) is 0 Å². The summed E-state index contributed by atoms with van der Waals surface area (Å²) in [6, 6.07) is 0. The Morgan fingerprint density at radius 2 is 1.80 bits per heavy atom. The molecule has 0 bridgehead atoms. The van der Waals surface area contributed by atoms with Crippen LogP contribution < -0.4 is 5.32 Å². The Bertz CT molecular complexity index is 178. The lowest BCUT2D eigenvalue weighted by Gasteiger charge is -2.16. The van der Waals surface area contributed by atoms with Crippen molar-refractivity contribution in [2.75, 3.05) is 26.3 Å². The summed E-state index contributed by atoms with van der Waals surface area (Å²) in [4.78, 5) is 0. The molecule has 0 spiro atoms. The van der Waals surface area contributed by atoms with Crippen LogP contribution in [-0.2, 0) is 9.47 Å². The van der Waals surface area contributed by atoms with Crippen LogP contribution in [0.25, 0.3) is 0 Å². The predicted molar refractivity (Wildman–Crippen MR) is 62.6 cm³/mol. The Labute approximate surface area is 93.5 Å². The van der Waals surface area contributed by atoms with Crippen molar-refractivity contribution in [3.8, 4) is 11.8 Å². The van der Waals surface area contributed by atoms with Gasteiger partial charge in [0.2, 0.25) is 0 Å². The Hall–Kier alpha value is -0.560. The van der Waals surface area contributed by atoms with Crippen molar-refractivity contribution in [3.05, 3.63) is 0 Å². The first kappa shape index (κ1) is 14.4. The van der Waals surface area contributed by atoms with Crippen LogP contribution in [0.2, 0.25) is 0 Å². The van der Waals surface area contributed by atoms with Gasteiger partial charge in [0.05, 0.1) is 0 Å². The molecule has 0 amide bonds. The van der Waals surface area contributed by atoms with Gasteiger partial charge in [0, 0.05) is 32.6 Å². The van der Waals surface area contributed by atoms with Gasteiger partial charge < -0.3 is 14.8 Å². The largest absolute Gasteiger partial charge is 0.353 e. The molecule has 0 aliphatic carbocycles. The van der Waals surface area contributed by atoms with Gasteiger partial charge in [-0.15, -0.1) is 11.8 Å². The van der Waals surface area contributed by atoms with Crippen molar-refractivity contribution in [1.29, 1.82) is 0 Å². The molecule has 0 aromatic carbocycles. The van der Waals surface area contributed by atoms with E-state index in [9.17, 15) is 0 Å². The fraction of sp³-hybridized carbons (Fsp3) is 0.833. The molecule has 0 heterocycles. The molecular formula is C12H23NO2. The predicted octanol–water partition coefficient (Wildman–Crippen LogP) is 1.78. The molecule has 0 aliphatic rings. The van der Waals surface area contributed by atoms with Crippen LogP contribution in [0.5, 0.6) is 0 Å². The molecule has 0 fully saturated rings.